The zero-order valence-corrected chi connectivity index (χ0v) is 18.8. The predicted octanol–water partition coefficient (Wildman–Crippen LogP) is 7.11. The third kappa shape index (κ3) is 8.30. The Labute approximate surface area is 190 Å². The lowest BCUT2D eigenvalue weighted by Crippen LogP contribution is -2.28. The molecule has 0 aliphatic rings. The van der Waals surface area contributed by atoms with Crippen LogP contribution in [0.2, 0.25) is 0 Å². The van der Waals surface area contributed by atoms with E-state index in [2.05, 4.69) is 23.7 Å². The fraction of sp³-hybridized carbons (Fsp3) is 0.542. The van der Waals surface area contributed by atoms with Gasteiger partial charge in [0.05, 0.1) is 17.4 Å². The minimum absolute atomic E-state index is 0.0400. The molecule has 0 saturated carbocycles. The highest BCUT2D eigenvalue weighted by atomic mass is 19.4. The Bertz CT molecular complexity index is 857. The van der Waals surface area contributed by atoms with E-state index in [-0.39, 0.29) is 23.2 Å². The van der Waals surface area contributed by atoms with E-state index < -0.39 is 29.7 Å². The maximum absolute atomic E-state index is 13.4. The first-order valence-corrected chi connectivity index (χ1v) is 11.1. The molecule has 0 amide bonds. The molecule has 3 nitrogen and oxygen atoms in total. The van der Waals surface area contributed by atoms with Gasteiger partial charge >= 0.3 is 12.4 Å². The van der Waals surface area contributed by atoms with Crippen LogP contribution in [-0.2, 0) is 12.4 Å². The summed E-state index contributed by atoms with van der Waals surface area (Å²) in [6.45, 7) is 6.38. The standard InChI is InChI=1S/C24H30F6N2O/c1-3-5-12-32(13-6-4-2)14-11-21(33)18-15-20(31-22(16-18)24(28,29)30)17-7-9-19(10-8-17)23(25,26)27/h7-10,15-16,21,33H,3-6,11-14H2,1-2H3. The number of alkyl halides is 6. The number of unbranched alkanes of at least 4 members (excludes halogenated alkanes) is 2. The lowest BCUT2D eigenvalue weighted by molar-refractivity contribution is -0.141. The van der Waals surface area contributed by atoms with Gasteiger partial charge in [0.1, 0.15) is 5.69 Å². The fourth-order valence-electron chi connectivity index (χ4n) is 3.44. The van der Waals surface area contributed by atoms with Gasteiger partial charge < -0.3 is 10.0 Å². The monoisotopic (exact) mass is 476 g/mol. The number of aliphatic hydroxyl groups is 1. The fourth-order valence-corrected chi connectivity index (χ4v) is 3.44. The summed E-state index contributed by atoms with van der Waals surface area (Å²) in [7, 11) is 0. The Balaban J connectivity index is 2.28. The molecular weight excluding hydrogens is 446 g/mol. The SMILES string of the molecule is CCCCN(CCCC)CCC(O)c1cc(-c2ccc(C(F)(F)F)cc2)nc(C(F)(F)F)c1. The molecule has 9 heteroatoms. The zero-order chi connectivity index (χ0) is 24.6. The van der Waals surface area contributed by atoms with Crippen molar-refractivity contribution in [3.05, 3.63) is 53.2 Å². The lowest BCUT2D eigenvalue weighted by Gasteiger charge is -2.24. The van der Waals surface area contributed by atoms with Gasteiger partial charge in [0.2, 0.25) is 0 Å². The minimum Gasteiger partial charge on any atom is -0.388 e. The van der Waals surface area contributed by atoms with Crippen molar-refractivity contribution in [2.45, 2.75) is 64.4 Å². The number of hydrogen-bond acceptors (Lipinski definition) is 3. The molecule has 1 atom stereocenters. The third-order valence-corrected chi connectivity index (χ3v) is 5.41. The van der Waals surface area contributed by atoms with Crippen LogP contribution in [0.4, 0.5) is 26.3 Å². The molecule has 1 heterocycles. The van der Waals surface area contributed by atoms with E-state index in [1.807, 2.05) is 0 Å². The maximum atomic E-state index is 13.4. The first-order valence-electron chi connectivity index (χ1n) is 11.1. The highest BCUT2D eigenvalue weighted by Crippen LogP contribution is 2.34. The first kappa shape index (κ1) is 27.1. The highest BCUT2D eigenvalue weighted by molar-refractivity contribution is 5.61. The largest absolute Gasteiger partial charge is 0.433 e. The molecule has 2 aromatic rings. The summed E-state index contributed by atoms with van der Waals surface area (Å²) in [5, 5.41) is 10.7. The van der Waals surface area contributed by atoms with Crippen molar-refractivity contribution in [1.29, 1.82) is 0 Å². The Morgan fingerprint density at radius 1 is 0.848 bits per heavy atom. The molecule has 1 unspecified atom stereocenters. The quantitative estimate of drug-likeness (QED) is 0.351. The summed E-state index contributed by atoms with van der Waals surface area (Å²) in [6.07, 6.45) is -6.22. The van der Waals surface area contributed by atoms with E-state index in [0.29, 0.717) is 6.54 Å². The molecule has 0 aliphatic carbocycles. The van der Waals surface area contributed by atoms with Gasteiger partial charge in [0, 0.05) is 12.1 Å². The van der Waals surface area contributed by atoms with Crippen LogP contribution < -0.4 is 0 Å². The minimum atomic E-state index is -4.76. The summed E-state index contributed by atoms with van der Waals surface area (Å²) >= 11 is 0. The number of nitrogens with zero attached hydrogens (tertiary/aromatic N) is 2. The Morgan fingerprint density at radius 2 is 1.42 bits per heavy atom. The van der Waals surface area contributed by atoms with Gasteiger partial charge in [-0.3, -0.25) is 0 Å². The van der Waals surface area contributed by atoms with E-state index in [0.717, 1.165) is 69.1 Å². The molecule has 1 aromatic heterocycles. The molecule has 2 rings (SSSR count). The van der Waals surface area contributed by atoms with Gasteiger partial charge in [-0.15, -0.1) is 0 Å². The van der Waals surface area contributed by atoms with Crippen molar-refractivity contribution in [2.75, 3.05) is 19.6 Å². The summed E-state index contributed by atoms with van der Waals surface area (Å²) in [6, 6.07) is 5.88. The summed E-state index contributed by atoms with van der Waals surface area (Å²) < 4.78 is 78.8. The van der Waals surface area contributed by atoms with Crippen molar-refractivity contribution >= 4 is 0 Å². The third-order valence-electron chi connectivity index (χ3n) is 5.41. The van der Waals surface area contributed by atoms with Gasteiger partial charge in [0.15, 0.2) is 0 Å². The average molecular weight is 477 g/mol. The summed E-state index contributed by atoms with van der Waals surface area (Å²) in [5.74, 6) is 0. The molecule has 184 valence electrons. The molecular formula is C24H30F6N2O. The van der Waals surface area contributed by atoms with Crippen LogP contribution >= 0.6 is 0 Å². The number of benzene rings is 1. The van der Waals surface area contributed by atoms with Gasteiger partial charge in [-0.05, 0) is 62.2 Å². The molecule has 0 saturated heterocycles. The molecule has 0 aliphatic heterocycles. The number of rotatable bonds is 11. The smallest absolute Gasteiger partial charge is 0.388 e. The maximum Gasteiger partial charge on any atom is 0.433 e. The second kappa shape index (κ2) is 11.8. The van der Waals surface area contributed by atoms with Gasteiger partial charge in [-0.25, -0.2) is 4.98 Å². The Morgan fingerprint density at radius 3 is 1.91 bits per heavy atom. The van der Waals surface area contributed by atoms with Crippen LogP contribution in [0.1, 0.15) is 68.9 Å². The zero-order valence-electron chi connectivity index (χ0n) is 18.8. The number of hydrogen-bond donors (Lipinski definition) is 1. The number of aromatic nitrogens is 1. The summed E-state index contributed by atoms with van der Waals surface area (Å²) in [4.78, 5) is 5.79. The number of halogens is 6. The van der Waals surface area contributed by atoms with Crippen molar-refractivity contribution in [1.82, 2.24) is 9.88 Å². The van der Waals surface area contributed by atoms with Gasteiger partial charge in [0.25, 0.3) is 0 Å². The predicted molar refractivity (Wildman–Crippen MR) is 116 cm³/mol. The number of pyridine rings is 1. The van der Waals surface area contributed by atoms with Gasteiger partial charge in [-0.2, -0.15) is 26.3 Å². The second-order valence-electron chi connectivity index (χ2n) is 8.10. The Kier molecular flexibility index (Phi) is 9.72. The molecule has 0 fully saturated rings. The molecule has 1 N–H and O–H groups in total. The summed E-state index contributed by atoms with van der Waals surface area (Å²) in [5.41, 5.74) is -2.09. The van der Waals surface area contributed by atoms with E-state index in [1.54, 1.807) is 0 Å². The van der Waals surface area contributed by atoms with Crippen molar-refractivity contribution < 1.29 is 31.4 Å². The second-order valence-corrected chi connectivity index (χ2v) is 8.10. The lowest BCUT2D eigenvalue weighted by atomic mass is 10.0. The van der Waals surface area contributed by atoms with Crippen LogP contribution in [0.25, 0.3) is 11.3 Å². The van der Waals surface area contributed by atoms with E-state index in [4.69, 9.17) is 0 Å². The highest BCUT2D eigenvalue weighted by Gasteiger charge is 2.34. The average Bonchev–Trinajstić information content (AvgIpc) is 2.77. The van der Waals surface area contributed by atoms with Crippen molar-refractivity contribution in [2.24, 2.45) is 0 Å². The topological polar surface area (TPSA) is 36.4 Å². The Hall–Kier alpha value is -2.13. The van der Waals surface area contributed by atoms with E-state index in [9.17, 15) is 31.4 Å². The molecule has 0 radical (unpaired) electrons. The van der Waals surface area contributed by atoms with E-state index >= 15 is 0 Å². The normalized spacial score (nSPS) is 13.5. The first-order chi connectivity index (χ1) is 15.5. The van der Waals surface area contributed by atoms with Gasteiger partial charge in [-0.1, -0.05) is 38.8 Å². The van der Waals surface area contributed by atoms with Crippen LogP contribution in [-0.4, -0.2) is 34.6 Å². The van der Waals surface area contributed by atoms with Crippen LogP contribution in [0.15, 0.2) is 36.4 Å². The van der Waals surface area contributed by atoms with Crippen molar-refractivity contribution in [3.63, 3.8) is 0 Å². The molecule has 0 bridgehead atoms. The van der Waals surface area contributed by atoms with Crippen LogP contribution in [0, 0.1) is 0 Å². The van der Waals surface area contributed by atoms with E-state index in [1.165, 1.54) is 6.07 Å². The molecule has 33 heavy (non-hydrogen) atoms. The molecule has 0 spiro atoms. The number of aliphatic hydroxyl groups excluding tert-OH is 1. The molecule has 1 aromatic carbocycles. The van der Waals surface area contributed by atoms with Crippen molar-refractivity contribution in [3.8, 4) is 11.3 Å². The van der Waals surface area contributed by atoms with Crippen LogP contribution in [0.5, 0.6) is 0 Å². The van der Waals surface area contributed by atoms with Crippen LogP contribution in [0.3, 0.4) is 0 Å².